The fraction of sp³-hybridized carbons (Fsp3) is 0. The molecule has 0 amide bonds. The van der Waals surface area contributed by atoms with Crippen LogP contribution in [0.25, 0.3) is 0 Å². The van der Waals surface area contributed by atoms with Crippen LogP contribution in [0.4, 0.5) is 0 Å². The first-order chi connectivity index (χ1) is 9.82. The van der Waals surface area contributed by atoms with Gasteiger partial charge in [-0.05, 0) is 48.5 Å². The summed E-state index contributed by atoms with van der Waals surface area (Å²) in [5, 5.41) is 17.5. The van der Waals surface area contributed by atoms with Crippen LogP contribution < -0.4 is 0 Å². The van der Waals surface area contributed by atoms with E-state index in [9.17, 15) is 18.0 Å². The number of hydrogen-bond donors (Lipinski definition) is 2. The van der Waals surface area contributed by atoms with Gasteiger partial charge in [0.2, 0.25) is 9.84 Å². The van der Waals surface area contributed by atoms with Gasteiger partial charge >= 0.3 is 60.8 Å². The van der Waals surface area contributed by atoms with Crippen LogP contribution in [0.5, 0.6) is 0 Å². The molecule has 0 saturated carbocycles. The summed E-state index contributed by atoms with van der Waals surface area (Å²) in [5.41, 5.74) is -0.0367. The van der Waals surface area contributed by atoms with E-state index in [1.54, 1.807) is 0 Å². The van der Waals surface area contributed by atoms with Crippen molar-refractivity contribution >= 4 is 70.7 Å². The maximum atomic E-state index is 12.3. The molecule has 0 aromatic heterocycles. The Balaban J connectivity index is 0.00000242. The van der Waals surface area contributed by atoms with Gasteiger partial charge in [-0.1, -0.05) is 0 Å². The number of carboxylic acids is 2. The summed E-state index contributed by atoms with van der Waals surface area (Å²) in [4.78, 5) is 21.3. The molecule has 8 heteroatoms. The van der Waals surface area contributed by atoms with Crippen molar-refractivity contribution in [2.75, 3.05) is 0 Å². The van der Waals surface area contributed by atoms with E-state index >= 15 is 0 Å². The monoisotopic (exact) mass is 446 g/mol. The van der Waals surface area contributed by atoms with E-state index in [0.717, 1.165) is 0 Å². The van der Waals surface area contributed by atoms with E-state index in [1.165, 1.54) is 48.5 Å². The molecule has 22 heavy (non-hydrogen) atoms. The van der Waals surface area contributed by atoms with Gasteiger partial charge in [0.15, 0.2) is 0 Å². The zero-order valence-electron chi connectivity index (χ0n) is 10.6. The van der Waals surface area contributed by atoms with Crippen LogP contribution >= 0.6 is 0 Å². The van der Waals surface area contributed by atoms with Gasteiger partial charge in [0.25, 0.3) is 0 Å². The van der Waals surface area contributed by atoms with Gasteiger partial charge in [-0.25, -0.2) is 18.0 Å². The molecule has 0 atom stereocenters. The average molecular weight is 446 g/mol. The molecule has 0 fully saturated rings. The Kier molecular flexibility index (Phi) is 6.41. The van der Waals surface area contributed by atoms with E-state index in [4.69, 9.17) is 10.2 Å². The standard InChI is InChI=1S/C14H10O6S.Ba.2H/c15-13(16)9-1-5-11(6-2-9)21(19,20)12-7-3-10(4-8-12)14(17)18;;;/h1-8H,(H,15,16)(H,17,18);;;. The van der Waals surface area contributed by atoms with Gasteiger partial charge in [-0.2, -0.15) is 0 Å². The summed E-state index contributed by atoms with van der Waals surface area (Å²) in [6.45, 7) is 0. The maximum absolute atomic E-state index is 12.3. The molecule has 2 aromatic rings. The third-order valence-electron chi connectivity index (χ3n) is 2.82. The zero-order valence-corrected chi connectivity index (χ0v) is 11.4. The molecule has 0 aliphatic carbocycles. The summed E-state index contributed by atoms with van der Waals surface area (Å²) in [6.07, 6.45) is 0. The quantitative estimate of drug-likeness (QED) is 0.680. The Morgan fingerprint density at radius 1 is 0.682 bits per heavy atom. The minimum atomic E-state index is -3.81. The molecule has 0 aliphatic heterocycles. The molecule has 0 heterocycles. The molecule has 0 unspecified atom stereocenters. The van der Waals surface area contributed by atoms with Crippen LogP contribution in [0.15, 0.2) is 58.3 Å². The van der Waals surface area contributed by atoms with E-state index in [2.05, 4.69) is 0 Å². The number of carboxylic acid groups (broad SMARTS) is 2. The summed E-state index contributed by atoms with van der Waals surface area (Å²) in [5.74, 6) is -2.30. The van der Waals surface area contributed by atoms with Crippen molar-refractivity contribution in [1.82, 2.24) is 0 Å². The third-order valence-corrected chi connectivity index (χ3v) is 4.61. The second kappa shape index (κ2) is 7.45. The van der Waals surface area contributed by atoms with Crippen LogP contribution in [0.3, 0.4) is 0 Å². The number of hydrogen-bond acceptors (Lipinski definition) is 4. The third kappa shape index (κ3) is 4.00. The van der Waals surface area contributed by atoms with Crippen LogP contribution in [0.1, 0.15) is 20.7 Å². The number of sulfone groups is 1. The topological polar surface area (TPSA) is 109 Å². The Bertz CT molecular complexity index is 731. The fourth-order valence-corrected chi connectivity index (χ4v) is 2.95. The van der Waals surface area contributed by atoms with Crippen LogP contribution in [0, 0.1) is 0 Å². The van der Waals surface area contributed by atoms with E-state index in [1.807, 2.05) is 0 Å². The van der Waals surface area contributed by atoms with E-state index in [-0.39, 0.29) is 69.8 Å². The number of aromatic carboxylic acids is 2. The van der Waals surface area contributed by atoms with Crippen molar-refractivity contribution in [1.29, 1.82) is 0 Å². The van der Waals surface area contributed by atoms with Crippen LogP contribution in [-0.4, -0.2) is 79.5 Å². The Labute approximate surface area is 166 Å². The number of rotatable bonds is 4. The molecule has 2 aromatic carbocycles. The van der Waals surface area contributed by atoms with Crippen molar-refractivity contribution < 1.29 is 28.2 Å². The van der Waals surface area contributed by atoms with Crippen molar-refractivity contribution in [2.24, 2.45) is 0 Å². The molecule has 0 aliphatic rings. The van der Waals surface area contributed by atoms with Gasteiger partial charge < -0.3 is 10.2 Å². The van der Waals surface area contributed by atoms with Gasteiger partial charge in [0, 0.05) is 0 Å². The average Bonchev–Trinajstić information content (AvgIpc) is 2.47. The normalized spacial score (nSPS) is 10.5. The Morgan fingerprint density at radius 2 is 0.955 bits per heavy atom. The van der Waals surface area contributed by atoms with Crippen molar-refractivity contribution in [2.45, 2.75) is 9.79 Å². The van der Waals surface area contributed by atoms with E-state index < -0.39 is 21.8 Å². The molecule has 0 saturated heterocycles. The summed E-state index contributed by atoms with van der Waals surface area (Å²) >= 11 is 0. The molecule has 0 radical (unpaired) electrons. The van der Waals surface area contributed by atoms with Gasteiger partial charge in [0.1, 0.15) is 0 Å². The molecule has 112 valence electrons. The SMILES string of the molecule is O=C(O)c1ccc(S(=O)(=O)c2ccc(C(=O)O)cc2)cc1.[BaH2]. The molecule has 0 bridgehead atoms. The predicted molar refractivity (Wildman–Crippen MR) is 80.8 cm³/mol. The van der Waals surface area contributed by atoms with E-state index in [0.29, 0.717) is 0 Å². The molecule has 2 N–H and O–H groups in total. The molecule has 6 nitrogen and oxygen atoms in total. The number of benzene rings is 2. The first-order valence-electron chi connectivity index (χ1n) is 5.74. The molecular formula is C14H12BaO6S. The second-order valence-corrected chi connectivity index (χ2v) is 6.11. The fourth-order valence-electron chi connectivity index (χ4n) is 1.69. The van der Waals surface area contributed by atoms with Crippen LogP contribution in [0.2, 0.25) is 0 Å². The first kappa shape index (κ1) is 18.9. The van der Waals surface area contributed by atoms with Crippen molar-refractivity contribution in [3.8, 4) is 0 Å². The van der Waals surface area contributed by atoms with Crippen LogP contribution in [-0.2, 0) is 9.84 Å². The molecule has 2 rings (SSSR count). The Hall–Kier alpha value is -1.10. The summed E-state index contributed by atoms with van der Waals surface area (Å²) < 4.78 is 24.6. The predicted octanol–water partition coefficient (Wildman–Crippen LogP) is 1.000. The molecule has 0 spiro atoms. The second-order valence-electron chi connectivity index (χ2n) is 4.16. The van der Waals surface area contributed by atoms with Gasteiger partial charge in [0.05, 0.1) is 20.9 Å². The van der Waals surface area contributed by atoms with Crippen molar-refractivity contribution in [3.63, 3.8) is 0 Å². The summed E-state index contributed by atoms with van der Waals surface area (Å²) in [7, 11) is -3.81. The first-order valence-corrected chi connectivity index (χ1v) is 7.22. The number of carbonyl (C=O) groups is 2. The minimum absolute atomic E-state index is 0. The Morgan fingerprint density at radius 3 is 1.18 bits per heavy atom. The zero-order chi connectivity index (χ0) is 15.6. The molecular weight excluding hydrogens is 434 g/mol. The van der Waals surface area contributed by atoms with Gasteiger partial charge in [-0.3, -0.25) is 0 Å². The van der Waals surface area contributed by atoms with Gasteiger partial charge in [-0.15, -0.1) is 0 Å². The summed E-state index contributed by atoms with van der Waals surface area (Å²) in [6, 6.07) is 9.57. The van der Waals surface area contributed by atoms with Crippen molar-refractivity contribution in [3.05, 3.63) is 59.7 Å².